The average Bonchev–Trinajstić information content (AvgIpc) is 3.09. The molecule has 0 aromatic carbocycles. The molecule has 0 spiro atoms. The highest BCUT2D eigenvalue weighted by Gasteiger charge is 2.65. The van der Waals surface area contributed by atoms with E-state index < -0.39 is 19.5 Å². The fourth-order valence-electron chi connectivity index (χ4n) is 7.61. The van der Waals surface area contributed by atoms with Crippen LogP contribution in [-0.2, 0) is 14.6 Å². The summed E-state index contributed by atoms with van der Waals surface area (Å²) in [6.07, 6.45) is 12.9. The molecule has 4 aliphatic carbocycles. The molecular weight excluding hydrogens is 418 g/mol. The molecule has 0 aromatic heterocycles. The van der Waals surface area contributed by atoms with Gasteiger partial charge >= 0.3 is 4.87 Å². The third kappa shape index (κ3) is 2.94. The van der Waals surface area contributed by atoms with Gasteiger partial charge in [-0.05, 0) is 87.7 Å². The van der Waals surface area contributed by atoms with Crippen LogP contribution in [-0.4, -0.2) is 25.1 Å². The van der Waals surface area contributed by atoms with Crippen LogP contribution in [0.4, 0.5) is 0 Å². The lowest BCUT2D eigenvalue weighted by molar-refractivity contribution is -0.0132. The van der Waals surface area contributed by atoms with Crippen molar-refractivity contribution in [3.8, 4) is 0 Å². The number of fused-ring (bicyclic) bond motifs is 5. The Balaban J connectivity index is 1.72. The molecule has 176 valence electrons. The van der Waals surface area contributed by atoms with Crippen LogP contribution in [0, 0.1) is 35.2 Å². The largest absolute Gasteiger partial charge is 0.501 e. The molecule has 0 N–H and O–H groups in total. The topological polar surface area (TPSA) is 47.7 Å². The second kappa shape index (κ2) is 7.23. The summed E-state index contributed by atoms with van der Waals surface area (Å²) in [5.41, 5.74) is 2.22. The number of sulfone groups is 1. The smallest absolute Gasteiger partial charge is 0.348 e. The third-order valence-electron chi connectivity index (χ3n) is 9.62. The molecule has 0 bridgehead atoms. The van der Waals surface area contributed by atoms with Crippen LogP contribution < -0.4 is 0 Å². The zero-order chi connectivity index (χ0) is 23.7. The minimum atomic E-state index is -3.69. The van der Waals surface area contributed by atoms with Crippen LogP contribution in [0.2, 0.25) is 0 Å². The Morgan fingerprint density at radius 2 is 1.75 bits per heavy atom. The normalized spacial score (nSPS) is 38.7. The number of methoxy groups -OCH3 is 1. The first-order valence-electron chi connectivity index (χ1n) is 12.1. The first-order chi connectivity index (χ1) is 14.8. The van der Waals surface area contributed by atoms with E-state index in [1.807, 2.05) is 0 Å². The quantitative estimate of drug-likeness (QED) is 0.360. The van der Waals surface area contributed by atoms with Crippen molar-refractivity contribution in [1.29, 1.82) is 0 Å². The molecule has 0 amide bonds. The standard InChI is InChI=1S/C27H39NO3S/c1-24(2,3)32(29,30)27(6,28-7)23-12-11-21-20-10-9-18-17-19(31-8)13-15-25(18,4)22(20)14-16-26(21,23)5/h9,12,17,20-22H,10-11,13-16H2,1-6,8H3/t20-,21-,22-,25-,26-,27?/m0/s1. The summed E-state index contributed by atoms with van der Waals surface area (Å²) in [6.45, 7) is 19.5. The van der Waals surface area contributed by atoms with E-state index in [0.29, 0.717) is 17.8 Å². The van der Waals surface area contributed by atoms with E-state index in [4.69, 9.17) is 11.3 Å². The van der Waals surface area contributed by atoms with E-state index in [1.54, 1.807) is 34.8 Å². The summed E-state index contributed by atoms with van der Waals surface area (Å²) >= 11 is 0. The number of nitrogens with zero attached hydrogens (tertiary/aromatic N) is 1. The van der Waals surface area contributed by atoms with E-state index >= 15 is 0 Å². The molecule has 1 fully saturated rings. The van der Waals surface area contributed by atoms with Crippen LogP contribution in [0.3, 0.4) is 0 Å². The van der Waals surface area contributed by atoms with Crippen molar-refractivity contribution in [2.75, 3.05) is 7.11 Å². The molecule has 1 unspecified atom stereocenters. The van der Waals surface area contributed by atoms with Gasteiger partial charge in [0, 0.05) is 24.3 Å². The Hall–Kier alpha value is -1.54. The van der Waals surface area contributed by atoms with Gasteiger partial charge in [0.05, 0.1) is 17.6 Å². The predicted octanol–water partition coefficient (Wildman–Crippen LogP) is 6.47. The van der Waals surface area contributed by atoms with E-state index in [1.165, 1.54) is 5.57 Å². The van der Waals surface area contributed by atoms with Gasteiger partial charge in [0.15, 0.2) is 0 Å². The molecule has 4 rings (SSSR count). The van der Waals surface area contributed by atoms with Crippen LogP contribution >= 0.6 is 0 Å². The van der Waals surface area contributed by atoms with Gasteiger partial charge in [-0.2, -0.15) is 0 Å². The van der Waals surface area contributed by atoms with E-state index in [9.17, 15) is 8.42 Å². The zero-order valence-corrected chi connectivity index (χ0v) is 21.6. The molecular formula is C27H39NO3S. The average molecular weight is 458 g/mol. The van der Waals surface area contributed by atoms with Gasteiger partial charge in [-0.15, -0.1) is 0 Å². The Labute approximate surface area is 194 Å². The Morgan fingerprint density at radius 3 is 2.34 bits per heavy atom. The minimum absolute atomic E-state index is 0.162. The molecule has 32 heavy (non-hydrogen) atoms. The molecule has 0 aliphatic heterocycles. The minimum Gasteiger partial charge on any atom is -0.501 e. The van der Waals surface area contributed by atoms with Crippen molar-refractivity contribution in [2.45, 2.75) is 89.7 Å². The predicted molar refractivity (Wildman–Crippen MR) is 129 cm³/mol. The monoisotopic (exact) mass is 457 g/mol. The summed E-state index contributed by atoms with van der Waals surface area (Å²) in [7, 11) is -1.92. The molecule has 5 heteroatoms. The Kier molecular flexibility index (Phi) is 5.33. The highest BCUT2D eigenvalue weighted by molar-refractivity contribution is 7.94. The van der Waals surface area contributed by atoms with Crippen molar-refractivity contribution >= 4 is 9.84 Å². The van der Waals surface area contributed by atoms with Crippen LogP contribution in [0.1, 0.15) is 80.1 Å². The highest BCUT2D eigenvalue weighted by Crippen LogP contribution is 2.66. The van der Waals surface area contributed by atoms with Crippen molar-refractivity contribution in [2.24, 2.45) is 28.6 Å². The van der Waals surface area contributed by atoms with Crippen LogP contribution in [0.25, 0.3) is 4.85 Å². The fraction of sp³-hybridized carbons (Fsp3) is 0.741. The second-order valence-electron chi connectivity index (χ2n) is 12.0. The lowest BCUT2D eigenvalue weighted by atomic mass is 9.48. The van der Waals surface area contributed by atoms with Crippen LogP contribution in [0.5, 0.6) is 0 Å². The summed E-state index contributed by atoms with van der Waals surface area (Å²) in [5.74, 6) is 2.61. The fourth-order valence-corrected chi connectivity index (χ4v) is 9.53. The van der Waals surface area contributed by atoms with Gasteiger partial charge in [-0.1, -0.05) is 26.0 Å². The number of allylic oxidation sites excluding steroid dienone is 5. The van der Waals surface area contributed by atoms with Crippen molar-refractivity contribution in [3.05, 3.63) is 46.6 Å². The summed E-state index contributed by atoms with van der Waals surface area (Å²) in [5, 5.41) is 0. The lowest BCUT2D eigenvalue weighted by Gasteiger charge is -2.57. The van der Waals surface area contributed by atoms with Gasteiger partial charge < -0.3 is 4.74 Å². The molecule has 0 saturated heterocycles. The first kappa shape index (κ1) is 23.6. The van der Waals surface area contributed by atoms with Crippen molar-refractivity contribution in [3.63, 3.8) is 0 Å². The van der Waals surface area contributed by atoms with Crippen molar-refractivity contribution < 1.29 is 13.2 Å². The summed E-state index contributed by atoms with van der Waals surface area (Å²) in [6, 6.07) is 0. The maximum atomic E-state index is 13.6. The lowest BCUT2D eigenvalue weighted by Crippen LogP contribution is -2.53. The number of hydrogen-bond acceptors (Lipinski definition) is 3. The van der Waals surface area contributed by atoms with E-state index in [2.05, 4.69) is 36.9 Å². The maximum Gasteiger partial charge on any atom is 0.348 e. The van der Waals surface area contributed by atoms with Crippen molar-refractivity contribution in [1.82, 2.24) is 0 Å². The van der Waals surface area contributed by atoms with Gasteiger partial charge in [-0.3, -0.25) is 4.85 Å². The van der Waals surface area contributed by atoms with Crippen LogP contribution in [0.15, 0.2) is 35.1 Å². The third-order valence-corrected chi connectivity index (χ3v) is 12.6. The SMILES string of the molecule is [C-]#[N+]C(C)(C1=CC[C@H]2[C@@H]3CC=C4C=C(OC)CC[C@]4(C)[C@H]3CC[C@]12C)S(=O)(=O)C(C)(C)C. The van der Waals surface area contributed by atoms with Gasteiger partial charge in [0.25, 0.3) is 0 Å². The van der Waals surface area contributed by atoms with Gasteiger partial charge in [0.1, 0.15) is 0 Å². The van der Waals surface area contributed by atoms with Gasteiger partial charge in [0.2, 0.25) is 9.84 Å². The number of ether oxygens (including phenoxy) is 1. The molecule has 0 radical (unpaired) electrons. The molecule has 0 aromatic rings. The molecule has 1 saturated carbocycles. The molecule has 0 heterocycles. The second-order valence-corrected chi connectivity index (χ2v) is 15.1. The molecule has 4 aliphatic rings. The Bertz CT molecular complexity index is 1050. The summed E-state index contributed by atoms with van der Waals surface area (Å²) < 4.78 is 31.8. The molecule has 6 atom stereocenters. The maximum absolute atomic E-state index is 13.6. The number of hydrogen-bond donors (Lipinski definition) is 0. The van der Waals surface area contributed by atoms with E-state index in [-0.39, 0.29) is 10.8 Å². The highest BCUT2D eigenvalue weighted by atomic mass is 32.2. The zero-order valence-electron chi connectivity index (χ0n) is 20.8. The number of rotatable bonds is 3. The Morgan fingerprint density at radius 1 is 1.06 bits per heavy atom. The van der Waals surface area contributed by atoms with E-state index in [0.717, 1.165) is 49.9 Å². The first-order valence-corrected chi connectivity index (χ1v) is 13.5. The van der Waals surface area contributed by atoms with Gasteiger partial charge in [-0.25, -0.2) is 15.0 Å². The molecule has 4 nitrogen and oxygen atoms in total. The summed E-state index contributed by atoms with van der Waals surface area (Å²) in [4.78, 5) is 2.34.